The summed E-state index contributed by atoms with van der Waals surface area (Å²) in [5, 5.41) is 12.2. The Morgan fingerprint density at radius 3 is 2.57 bits per heavy atom. The molecule has 0 spiro atoms. The van der Waals surface area contributed by atoms with Crippen molar-refractivity contribution >= 4 is 0 Å². The fraction of sp³-hybridized carbons (Fsp3) is 0.250. The topological polar surface area (TPSA) is 91.6 Å². The van der Waals surface area contributed by atoms with Gasteiger partial charge in [-0.15, -0.1) is 0 Å². The number of pyridine rings is 1. The van der Waals surface area contributed by atoms with Gasteiger partial charge in [-0.3, -0.25) is 14.5 Å². The summed E-state index contributed by atoms with van der Waals surface area (Å²) in [5.41, 5.74) is 3.69. The maximum atomic E-state index is 12.6. The molecule has 0 fully saturated rings. The molecule has 0 aliphatic rings. The van der Waals surface area contributed by atoms with Crippen LogP contribution in [0.2, 0.25) is 0 Å². The lowest BCUT2D eigenvalue weighted by molar-refractivity contribution is 0.122. The Morgan fingerprint density at radius 1 is 1.07 bits per heavy atom. The molecule has 4 heterocycles. The summed E-state index contributed by atoms with van der Waals surface area (Å²) in [5.74, 6) is 0.580. The van der Waals surface area contributed by atoms with Crippen LogP contribution in [-0.4, -0.2) is 36.1 Å². The van der Waals surface area contributed by atoms with Crippen molar-refractivity contribution in [3.63, 3.8) is 0 Å². The first kappa shape index (κ1) is 19.6. The van der Waals surface area contributed by atoms with Gasteiger partial charge in [0.05, 0.1) is 18.9 Å². The minimum Gasteiger partial charge on any atom is -0.361 e. The number of aryl methyl sites for hydroxylation is 2. The van der Waals surface area contributed by atoms with Crippen molar-refractivity contribution in [1.29, 1.82) is 0 Å². The van der Waals surface area contributed by atoms with Crippen molar-refractivity contribution in [2.24, 2.45) is 0 Å². The maximum absolute atomic E-state index is 12.6. The highest BCUT2D eigenvalue weighted by atomic mass is 19.3. The summed E-state index contributed by atoms with van der Waals surface area (Å²) >= 11 is 0. The second kappa shape index (κ2) is 7.97. The van der Waals surface area contributed by atoms with Gasteiger partial charge >= 0.3 is 0 Å². The summed E-state index contributed by atoms with van der Waals surface area (Å²) in [4.78, 5) is 16.9. The summed E-state index contributed by atoms with van der Waals surface area (Å²) < 4.78 is 32.7. The van der Waals surface area contributed by atoms with Crippen LogP contribution in [0.25, 0.3) is 22.4 Å². The van der Waals surface area contributed by atoms with E-state index in [0.29, 0.717) is 22.6 Å². The molecule has 0 saturated heterocycles. The van der Waals surface area contributed by atoms with Crippen molar-refractivity contribution < 1.29 is 13.3 Å². The van der Waals surface area contributed by atoms with Gasteiger partial charge in [0, 0.05) is 46.4 Å². The molecule has 0 radical (unpaired) electrons. The zero-order valence-electron chi connectivity index (χ0n) is 16.3. The zero-order chi connectivity index (χ0) is 21.3. The molecule has 4 aromatic heterocycles. The lowest BCUT2D eigenvalue weighted by Crippen LogP contribution is -2.23. The highest BCUT2D eigenvalue weighted by molar-refractivity contribution is 5.62. The second-order valence-electron chi connectivity index (χ2n) is 6.84. The summed E-state index contributed by atoms with van der Waals surface area (Å²) in [7, 11) is 0. The molecule has 0 unspecified atom stereocenters. The summed E-state index contributed by atoms with van der Waals surface area (Å²) in [6, 6.07) is 5.16. The van der Waals surface area contributed by atoms with Gasteiger partial charge in [0.1, 0.15) is 18.0 Å². The van der Waals surface area contributed by atoms with Crippen LogP contribution in [0.4, 0.5) is 8.78 Å². The van der Waals surface area contributed by atoms with Crippen LogP contribution < -0.4 is 5.56 Å². The van der Waals surface area contributed by atoms with Crippen LogP contribution in [0, 0.1) is 13.8 Å². The number of hydrogen-bond acceptors (Lipinski definition) is 6. The highest BCUT2D eigenvalue weighted by Crippen LogP contribution is 2.25. The standard InChI is InChI=1S/C20H18F2N6O2/c1-12-3-4-14(6-23-12)20-17(13(2)30-26-20)10-28-19(29)5-15(7-25-28)16-8-24-27(9-16)11-18(21)22/h3-9,18H,10-11H2,1-2H3. The Kier molecular flexibility index (Phi) is 5.21. The van der Waals surface area contributed by atoms with E-state index in [0.717, 1.165) is 21.5 Å². The monoisotopic (exact) mass is 412 g/mol. The molecule has 154 valence electrons. The predicted molar refractivity (Wildman–Crippen MR) is 104 cm³/mol. The SMILES string of the molecule is Cc1ccc(-c2noc(C)c2Cn2ncc(-c3cnn(CC(F)F)c3)cc2=O)cn1. The van der Waals surface area contributed by atoms with E-state index in [1.54, 1.807) is 13.1 Å². The van der Waals surface area contributed by atoms with Crippen LogP contribution in [0.5, 0.6) is 0 Å². The molecule has 4 rings (SSSR count). The van der Waals surface area contributed by atoms with Gasteiger partial charge in [0.15, 0.2) is 0 Å². The molecule has 0 atom stereocenters. The zero-order valence-corrected chi connectivity index (χ0v) is 16.3. The van der Waals surface area contributed by atoms with Gasteiger partial charge in [-0.1, -0.05) is 5.16 Å². The Balaban J connectivity index is 1.61. The molecule has 0 aromatic carbocycles. The van der Waals surface area contributed by atoms with Crippen molar-refractivity contribution in [3.8, 4) is 22.4 Å². The first-order chi connectivity index (χ1) is 14.4. The van der Waals surface area contributed by atoms with Gasteiger partial charge in [-0.2, -0.15) is 10.2 Å². The number of alkyl halides is 2. The van der Waals surface area contributed by atoms with Crippen molar-refractivity contribution in [1.82, 2.24) is 29.7 Å². The van der Waals surface area contributed by atoms with Crippen LogP contribution in [0.15, 0.2) is 52.3 Å². The van der Waals surface area contributed by atoms with E-state index in [2.05, 4.69) is 20.3 Å². The highest BCUT2D eigenvalue weighted by Gasteiger charge is 2.17. The van der Waals surface area contributed by atoms with Crippen molar-refractivity contribution in [2.45, 2.75) is 33.4 Å². The fourth-order valence-electron chi connectivity index (χ4n) is 3.03. The van der Waals surface area contributed by atoms with Crippen LogP contribution >= 0.6 is 0 Å². The van der Waals surface area contributed by atoms with Gasteiger partial charge in [0.25, 0.3) is 12.0 Å². The smallest absolute Gasteiger partial charge is 0.267 e. The minimum atomic E-state index is -2.51. The molecule has 30 heavy (non-hydrogen) atoms. The Bertz CT molecular complexity index is 1230. The predicted octanol–water partition coefficient (Wildman–Crippen LogP) is 3.09. The minimum absolute atomic E-state index is 0.169. The second-order valence-corrected chi connectivity index (χ2v) is 6.84. The molecular formula is C20H18F2N6O2. The third kappa shape index (κ3) is 4.02. The number of nitrogens with zero attached hydrogens (tertiary/aromatic N) is 6. The van der Waals surface area contributed by atoms with Gasteiger partial charge in [-0.05, 0) is 26.0 Å². The molecule has 0 bridgehead atoms. The van der Waals surface area contributed by atoms with Crippen molar-refractivity contribution in [3.05, 3.63) is 70.4 Å². The third-order valence-corrected chi connectivity index (χ3v) is 4.64. The van der Waals surface area contributed by atoms with E-state index < -0.39 is 13.0 Å². The van der Waals surface area contributed by atoms with Crippen LogP contribution in [0.1, 0.15) is 17.0 Å². The first-order valence-electron chi connectivity index (χ1n) is 9.17. The first-order valence-corrected chi connectivity index (χ1v) is 9.17. The summed E-state index contributed by atoms with van der Waals surface area (Å²) in [6.45, 7) is 3.32. The molecule has 0 saturated carbocycles. The summed E-state index contributed by atoms with van der Waals surface area (Å²) in [6.07, 6.45) is 3.58. The van der Waals surface area contributed by atoms with Crippen molar-refractivity contribution in [2.75, 3.05) is 0 Å². The van der Waals surface area contributed by atoms with Gasteiger partial charge in [-0.25, -0.2) is 13.5 Å². The average Bonchev–Trinajstić information content (AvgIpc) is 3.31. The van der Waals surface area contributed by atoms with E-state index in [9.17, 15) is 13.6 Å². The van der Waals surface area contributed by atoms with E-state index in [1.165, 1.54) is 29.3 Å². The lowest BCUT2D eigenvalue weighted by atomic mass is 10.1. The van der Waals surface area contributed by atoms with E-state index in [-0.39, 0.29) is 12.1 Å². The molecule has 0 aliphatic carbocycles. The van der Waals surface area contributed by atoms with Crippen LogP contribution in [-0.2, 0) is 13.1 Å². The Morgan fingerprint density at radius 2 is 1.87 bits per heavy atom. The van der Waals surface area contributed by atoms with Gasteiger partial charge in [0.2, 0.25) is 0 Å². The number of rotatable bonds is 6. The lowest BCUT2D eigenvalue weighted by Gasteiger charge is -2.06. The molecule has 0 N–H and O–H groups in total. The van der Waals surface area contributed by atoms with E-state index in [4.69, 9.17) is 4.52 Å². The van der Waals surface area contributed by atoms with E-state index >= 15 is 0 Å². The van der Waals surface area contributed by atoms with E-state index in [1.807, 2.05) is 19.1 Å². The number of hydrogen-bond donors (Lipinski definition) is 0. The number of halogens is 2. The molecule has 4 aromatic rings. The van der Waals surface area contributed by atoms with Crippen LogP contribution in [0.3, 0.4) is 0 Å². The Hall–Kier alpha value is -3.69. The average molecular weight is 412 g/mol. The van der Waals surface area contributed by atoms with Gasteiger partial charge < -0.3 is 4.52 Å². The maximum Gasteiger partial charge on any atom is 0.267 e. The molecular weight excluding hydrogens is 394 g/mol. The molecule has 0 aliphatic heterocycles. The third-order valence-electron chi connectivity index (χ3n) is 4.64. The number of aromatic nitrogens is 6. The molecule has 10 heteroatoms. The molecule has 0 amide bonds. The quantitative estimate of drug-likeness (QED) is 0.483. The fourth-order valence-corrected chi connectivity index (χ4v) is 3.03. The Labute approximate surface area is 169 Å². The molecule has 8 nitrogen and oxygen atoms in total. The normalized spacial score (nSPS) is 11.4. The largest absolute Gasteiger partial charge is 0.361 e.